The van der Waals surface area contributed by atoms with Crippen LogP contribution in [0.5, 0.6) is 11.5 Å². The number of ether oxygens (including phenoxy) is 2. The van der Waals surface area contributed by atoms with E-state index >= 15 is 0 Å². The van der Waals surface area contributed by atoms with Crippen LogP contribution >= 0.6 is 0 Å². The number of quaternary nitrogens is 1. The van der Waals surface area contributed by atoms with Crippen LogP contribution < -0.4 is 19.9 Å². The first-order valence-corrected chi connectivity index (χ1v) is 10.2. The fourth-order valence-corrected chi connectivity index (χ4v) is 3.54. The summed E-state index contributed by atoms with van der Waals surface area (Å²) in [4.78, 5) is 35.3. The number of aromatic amines is 1. The van der Waals surface area contributed by atoms with Crippen LogP contribution in [0.4, 0.5) is 0 Å². The highest BCUT2D eigenvalue weighted by Gasteiger charge is 2.20. The fraction of sp³-hybridized carbons (Fsp3) is 0.348. The molecular formula is C23H29N4O4+. The van der Waals surface area contributed by atoms with Gasteiger partial charge in [0.2, 0.25) is 0 Å². The van der Waals surface area contributed by atoms with E-state index in [1.165, 1.54) is 0 Å². The highest BCUT2D eigenvalue weighted by molar-refractivity contribution is 5.77. The number of carbonyl (C=O) groups is 1. The summed E-state index contributed by atoms with van der Waals surface area (Å²) < 4.78 is 10.8. The summed E-state index contributed by atoms with van der Waals surface area (Å²) in [6.45, 7) is 3.88. The minimum Gasteiger partial charge on any atom is -0.493 e. The van der Waals surface area contributed by atoms with Gasteiger partial charge in [0.05, 0.1) is 31.7 Å². The van der Waals surface area contributed by atoms with Crippen molar-refractivity contribution in [1.29, 1.82) is 0 Å². The van der Waals surface area contributed by atoms with Gasteiger partial charge < -0.3 is 24.3 Å². The zero-order chi connectivity index (χ0) is 22.4. The lowest BCUT2D eigenvalue weighted by molar-refractivity contribution is -0.905. The largest absolute Gasteiger partial charge is 0.493 e. The number of likely N-dealkylation sites (N-methyl/N-ethyl adjacent to an activating group) is 2. The molecule has 0 fully saturated rings. The van der Waals surface area contributed by atoms with E-state index in [4.69, 9.17) is 9.47 Å². The number of amides is 1. The van der Waals surface area contributed by atoms with E-state index < -0.39 is 0 Å². The van der Waals surface area contributed by atoms with Crippen molar-refractivity contribution < 1.29 is 19.2 Å². The molecule has 0 saturated heterocycles. The van der Waals surface area contributed by atoms with Gasteiger partial charge in [-0.1, -0.05) is 24.3 Å². The molecule has 2 aromatic carbocycles. The lowest BCUT2D eigenvalue weighted by Gasteiger charge is -2.23. The van der Waals surface area contributed by atoms with Crippen molar-refractivity contribution in [1.82, 2.24) is 14.9 Å². The van der Waals surface area contributed by atoms with Gasteiger partial charge in [-0.15, -0.1) is 0 Å². The third-order valence-corrected chi connectivity index (χ3v) is 5.30. The minimum absolute atomic E-state index is 0.00939. The first-order valence-electron chi connectivity index (χ1n) is 10.2. The molecule has 0 spiro atoms. The van der Waals surface area contributed by atoms with Crippen LogP contribution in [0, 0.1) is 0 Å². The van der Waals surface area contributed by atoms with Gasteiger partial charge >= 0.3 is 0 Å². The van der Waals surface area contributed by atoms with Gasteiger partial charge in [-0.25, -0.2) is 4.98 Å². The molecule has 0 aliphatic heterocycles. The summed E-state index contributed by atoms with van der Waals surface area (Å²) in [6.07, 6.45) is 0. The van der Waals surface area contributed by atoms with Gasteiger partial charge in [-0.2, -0.15) is 0 Å². The van der Waals surface area contributed by atoms with Crippen LogP contribution in [0.15, 0.2) is 47.3 Å². The summed E-state index contributed by atoms with van der Waals surface area (Å²) in [5.41, 5.74) is 1.37. The molecule has 0 saturated carbocycles. The maximum absolute atomic E-state index is 12.9. The Bertz CT molecular complexity index is 1110. The molecule has 31 heavy (non-hydrogen) atoms. The van der Waals surface area contributed by atoms with Crippen molar-refractivity contribution >= 4 is 16.8 Å². The molecule has 1 atom stereocenters. The number of benzene rings is 2. The maximum atomic E-state index is 12.9. The summed E-state index contributed by atoms with van der Waals surface area (Å²) in [6, 6.07) is 12.9. The number of carbonyl (C=O) groups excluding carboxylic acids is 1. The predicted molar refractivity (Wildman–Crippen MR) is 118 cm³/mol. The number of rotatable bonds is 9. The Kier molecular flexibility index (Phi) is 7.25. The van der Waals surface area contributed by atoms with Crippen LogP contribution in [0.25, 0.3) is 10.9 Å². The minimum atomic E-state index is -0.162. The summed E-state index contributed by atoms with van der Waals surface area (Å²) >= 11 is 0. The van der Waals surface area contributed by atoms with Gasteiger partial charge in [-0.05, 0) is 25.1 Å². The van der Waals surface area contributed by atoms with Crippen LogP contribution in [-0.4, -0.2) is 55.1 Å². The summed E-state index contributed by atoms with van der Waals surface area (Å²) in [5.74, 6) is 1.82. The molecule has 3 aromatic rings. The third kappa shape index (κ3) is 5.21. The smallest absolute Gasteiger partial charge is 0.277 e. The number of hydrogen-bond donors (Lipinski definition) is 2. The van der Waals surface area contributed by atoms with E-state index in [0.717, 1.165) is 17.0 Å². The second-order valence-electron chi connectivity index (χ2n) is 7.39. The van der Waals surface area contributed by atoms with Crippen LogP contribution in [-0.2, 0) is 17.9 Å². The number of hydrogen-bond acceptors (Lipinski definition) is 5. The number of H-pyrrole nitrogens is 1. The van der Waals surface area contributed by atoms with E-state index in [1.807, 2.05) is 43.3 Å². The summed E-state index contributed by atoms with van der Waals surface area (Å²) in [7, 11) is 4.94. The van der Waals surface area contributed by atoms with E-state index in [0.29, 0.717) is 41.3 Å². The lowest BCUT2D eigenvalue weighted by atomic mass is 10.1. The van der Waals surface area contributed by atoms with Crippen LogP contribution in [0.1, 0.15) is 18.3 Å². The highest BCUT2D eigenvalue weighted by atomic mass is 16.5. The quantitative estimate of drug-likeness (QED) is 0.534. The number of aromatic nitrogens is 2. The SMILES string of the molecule is CC[NH+](CC(=O)N(C)Cc1cccc(OC)c1OC)Cc1nc2ccccc2c(=O)[nH]1. The normalized spacial score (nSPS) is 11.9. The number of fused-ring (bicyclic) bond motifs is 1. The molecule has 0 radical (unpaired) electrons. The summed E-state index contributed by atoms with van der Waals surface area (Å²) in [5, 5.41) is 0.562. The van der Waals surface area contributed by atoms with Crippen molar-refractivity contribution in [2.45, 2.75) is 20.0 Å². The standard InChI is InChI=1S/C23H28N4O4/c1-5-27(14-20-24-18-11-7-6-10-17(18)23(29)25-20)15-21(28)26(2)13-16-9-8-12-19(30-3)22(16)31-4/h6-12H,5,13-15H2,1-4H3,(H,24,25,29)/p+1. The molecule has 1 unspecified atom stereocenters. The molecule has 8 heteroatoms. The molecule has 2 N–H and O–H groups in total. The zero-order valence-electron chi connectivity index (χ0n) is 18.4. The third-order valence-electron chi connectivity index (χ3n) is 5.30. The lowest BCUT2D eigenvalue weighted by Crippen LogP contribution is -3.11. The van der Waals surface area contributed by atoms with E-state index in [-0.39, 0.29) is 18.0 Å². The maximum Gasteiger partial charge on any atom is 0.277 e. The van der Waals surface area contributed by atoms with E-state index in [9.17, 15) is 9.59 Å². The topological polar surface area (TPSA) is 89.0 Å². The Morgan fingerprint density at radius 2 is 1.90 bits per heavy atom. The second-order valence-corrected chi connectivity index (χ2v) is 7.39. The highest BCUT2D eigenvalue weighted by Crippen LogP contribution is 2.31. The van der Waals surface area contributed by atoms with Gasteiger partial charge in [0.15, 0.2) is 23.9 Å². The molecule has 1 aromatic heterocycles. The van der Waals surface area contributed by atoms with Gasteiger partial charge in [0.25, 0.3) is 11.5 Å². The van der Waals surface area contributed by atoms with Crippen LogP contribution in [0.3, 0.4) is 0 Å². The van der Waals surface area contributed by atoms with Crippen molar-refractivity contribution in [2.24, 2.45) is 0 Å². The van der Waals surface area contributed by atoms with Crippen molar-refractivity contribution in [2.75, 3.05) is 34.4 Å². The monoisotopic (exact) mass is 425 g/mol. The Labute approximate surface area is 181 Å². The predicted octanol–water partition coefficient (Wildman–Crippen LogP) is 1.00. The average Bonchev–Trinajstić information content (AvgIpc) is 2.78. The Balaban J connectivity index is 1.69. The molecule has 0 aliphatic rings. The molecule has 1 amide bonds. The fourth-order valence-electron chi connectivity index (χ4n) is 3.54. The van der Waals surface area contributed by atoms with Gasteiger partial charge in [-0.3, -0.25) is 9.59 Å². The van der Waals surface area contributed by atoms with Gasteiger partial charge in [0.1, 0.15) is 6.54 Å². The molecular weight excluding hydrogens is 396 g/mol. The Hall–Kier alpha value is -3.39. The second kappa shape index (κ2) is 10.1. The molecule has 1 heterocycles. The molecule has 8 nitrogen and oxygen atoms in total. The Morgan fingerprint density at radius 1 is 1.13 bits per heavy atom. The van der Waals surface area contributed by atoms with Gasteiger partial charge in [0, 0.05) is 19.2 Å². The first-order chi connectivity index (χ1) is 15.0. The average molecular weight is 426 g/mol. The molecule has 0 aliphatic carbocycles. The van der Waals surface area contributed by atoms with Crippen molar-refractivity contribution in [3.63, 3.8) is 0 Å². The first kappa shape index (κ1) is 22.3. The number of nitrogens with one attached hydrogen (secondary N) is 2. The molecule has 164 valence electrons. The zero-order valence-corrected chi connectivity index (χ0v) is 18.4. The number of nitrogens with zero attached hydrogens (tertiary/aromatic N) is 2. The molecule has 3 rings (SSSR count). The van der Waals surface area contributed by atoms with Crippen molar-refractivity contribution in [3.05, 3.63) is 64.2 Å². The number of para-hydroxylation sites is 2. The number of methoxy groups -OCH3 is 2. The van der Waals surface area contributed by atoms with Crippen LogP contribution in [0.2, 0.25) is 0 Å². The Morgan fingerprint density at radius 3 is 2.61 bits per heavy atom. The van der Waals surface area contributed by atoms with E-state index in [2.05, 4.69) is 9.97 Å². The van der Waals surface area contributed by atoms with Crippen molar-refractivity contribution in [3.8, 4) is 11.5 Å². The molecule has 0 bridgehead atoms. The van der Waals surface area contributed by atoms with E-state index in [1.54, 1.807) is 32.2 Å².